The summed E-state index contributed by atoms with van der Waals surface area (Å²) in [7, 11) is 0. The minimum absolute atomic E-state index is 0.0767. The predicted octanol–water partition coefficient (Wildman–Crippen LogP) is 2.72. The van der Waals surface area contributed by atoms with Crippen molar-refractivity contribution in [3.63, 3.8) is 0 Å². The zero-order valence-corrected chi connectivity index (χ0v) is 13.9. The molecule has 1 heterocycles. The van der Waals surface area contributed by atoms with Crippen molar-refractivity contribution in [2.24, 2.45) is 0 Å². The van der Waals surface area contributed by atoms with Crippen LogP contribution in [0.1, 0.15) is 42.9 Å². The SMILES string of the molecule is CCNC(C(=O)O)C1CCCCN1Cc1ccc(C)c(C)c1. The number of likely N-dealkylation sites (tertiary alicyclic amines) is 1. The van der Waals surface area contributed by atoms with E-state index in [2.05, 4.69) is 42.3 Å². The van der Waals surface area contributed by atoms with Crippen molar-refractivity contribution in [2.75, 3.05) is 13.1 Å². The maximum Gasteiger partial charge on any atom is 0.322 e. The summed E-state index contributed by atoms with van der Waals surface area (Å²) in [6, 6.07) is 6.15. The molecule has 0 aromatic heterocycles. The molecule has 0 amide bonds. The lowest BCUT2D eigenvalue weighted by atomic mass is 9.94. The number of aliphatic carboxylic acids is 1. The summed E-state index contributed by atoms with van der Waals surface area (Å²) in [5.41, 5.74) is 3.87. The van der Waals surface area contributed by atoms with Crippen molar-refractivity contribution < 1.29 is 9.90 Å². The Labute approximate surface area is 133 Å². The second-order valence-corrected chi connectivity index (χ2v) is 6.33. The standard InChI is InChI=1S/C18H28N2O2/c1-4-19-17(18(21)22)16-7-5-6-10-20(16)12-15-9-8-13(2)14(3)11-15/h8-9,11,16-17,19H,4-7,10,12H2,1-3H3,(H,21,22). The molecule has 1 fully saturated rings. The Hall–Kier alpha value is -1.39. The first-order chi connectivity index (χ1) is 10.5. The van der Waals surface area contributed by atoms with E-state index in [9.17, 15) is 9.90 Å². The van der Waals surface area contributed by atoms with Crippen LogP contribution in [-0.2, 0) is 11.3 Å². The van der Waals surface area contributed by atoms with E-state index in [0.29, 0.717) is 6.54 Å². The van der Waals surface area contributed by atoms with Gasteiger partial charge in [0.1, 0.15) is 6.04 Å². The maximum atomic E-state index is 11.6. The molecule has 4 heteroatoms. The maximum absolute atomic E-state index is 11.6. The fourth-order valence-electron chi connectivity index (χ4n) is 3.33. The van der Waals surface area contributed by atoms with Gasteiger partial charge in [-0.3, -0.25) is 9.69 Å². The predicted molar refractivity (Wildman–Crippen MR) is 89.1 cm³/mol. The molecule has 4 nitrogen and oxygen atoms in total. The molecular formula is C18H28N2O2. The molecule has 1 aliphatic heterocycles. The smallest absolute Gasteiger partial charge is 0.322 e. The molecule has 122 valence electrons. The highest BCUT2D eigenvalue weighted by Crippen LogP contribution is 2.23. The third-order valence-corrected chi connectivity index (χ3v) is 4.70. The number of piperidine rings is 1. The lowest BCUT2D eigenvalue weighted by Crippen LogP contribution is -2.55. The minimum atomic E-state index is -0.737. The molecule has 2 atom stereocenters. The van der Waals surface area contributed by atoms with Gasteiger partial charge in [0.2, 0.25) is 0 Å². The van der Waals surface area contributed by atoms with Crippen molar-refractivity contribution in [3.8, 4) is 0 Å². The Morgan fingerprint density at radius 1 is 1.36 bits per heavy atom. The van der Waals surface area contributed by atoms with E-state index >= 15 is 0 Å². The summed E-state index contributed by atoms with van der Waals surface area (Å²) in [6.45, 7) is 8.71. The number of carboxylic acids is 1. The number of carbonyl (C=O) groups is 1. The number of nitrogens with zero attached hydrogens (tertiary/aromatic N) is 1. The van der Waals surface area contributed by atoms with E-state index in [4.69, 9.17) is 0 Å². The highest BCUT2D eigenvalue weighted by molar-refractivity contribution is 5.74. The van der Waals surface area contributed by atoms with Gasteiger partial charge in [-0.2, -0.15) is 0 Å². The van der Waals surface area contributed by atoms with E-state index in [-0.39, 0.29) is 6.04 Å². The molecule has 0 saturated carbocycles. The number of nitrogens with one attached hydrogen (secondary N) is 1. The molecular weight excluding hydrogens is 276 g/mol. The van der Waals surface area contributed by atoms with Crippen molar-refractivity contribution in [1.29, 1.82) is 0 Å². The van der Waals surface area contributed by atoms with Crippen molar-refractivity contribution >= 4 is 5.97 Å². The number of hydrogen-bond acceptors (Lipinski definition) is 3. The van der Waals surface area contributed by atoms with E-state index in [1.54, 1.807) is 0 Å². The molecule has 1 aliphatic rings. The Morgan fingerprint density at radius 3 is 2.77 bits per heavy atom. The lowest BCUT2D eigenvalue weighted by Gasteiger charge is -2.39. The van der Waals surface area contributed by atoms with Crippen LogP contribution in [0.3, 0.4) is 0 Å². The molecule has 2 rings (SSSR count). The third-order valence-electron chi connectivity index (χ3n) is 4.70. The third kappa shape index (κ3) is 4.08. The Balaban J connectivity index is 2.14. The average Bonchev–Trinajstić information content (AvgIpc) is 2.49. The van der Waals surface area contributed by atoms with Crippen LogP contribution < -0.4 is 5.32 Å². The van der Waals surface area contributed by atoms with Crippen LogP contribution >= 0.6 is 0 Å². The largest absolute Gasteiger partial charge is 0.480 e. The van der Waals surface area contributed by atoms with Gasteiger partial charge in [0.05, 0.1) is 0 Å². The number of aryl methyl sites for hydroxylation is 2. The van der Waals surface area contributed by atoms with Gasteiger partial charge in [0, 0.05) is 12.6 Å². The number of benzene rings is 1. The first-order valence-electron chi connectivity index (χ1n) is 8.29. The lowest BCUT2D eigenvalue weighted by molar-refractivity contribution is -0.142. The fraction of sp³-hybridized carbons (Fsp3) is 0.611. The average molecular weight is 304 g/mol. The van der Waals surface area contributed by atoms with E-state index in [0.717, 1.165) is 32.4 Å². The second kappa shape index (κ2) is 7.75. The monoisotopic (exact) mass is 304 g/mol. The van der Waals surface area contributed by atoms with Gasteiger partial charge in [0.15, 0.2) is 0 Å². The van der Waals surface area contributed by atoms with Crippen LogP contribution in [0.4, 0.5) is 0 Å². The van der Waals surface area contributed by atoms with E-state index < -0.39 is 12.0 Å². The first-order valence-corrected chi connectivity index (χ1v) is 8.29. The number of carboxylic acid groups (broad SMARTS) is 1. The molecule has 0 aliphatic carbocycles. The molecule has 0 radical (unpaired) electrons. The molecule has 22 heavy (non-hydrogen) atoms. The summed E-state index contributed by atoms with van der Waals surface area (Å²) in [5, 5.41) is 12.7. The van der Waals surface area contributed by atoms with Crippen molar-refractivity contribution in [2.45, 2.75) is 58.7 Å². The van der Waals surface area contributed by atoms with Crippen LogP contribution in [0.15, 0.2) is 18.2 Å². The van der Waals surface area contributed by atoms with E-state index in [1.807, 2.05) is 6.92 Å². The highest BCUT2D eigenvalue weighted by Gasteiger charge is 2.33. The van der Waals surface area contributed by atoms with Gasteiger partial charge in [-0.1, -0.05) is 31.5 Å². The summed E-state index contributed by atoms with van der Waals surface area (Å²) >= 11 is 0. The van der Waals surface area contributed by atoms with Gasteiger partial charge < -0.3 is 10.4 Å². The zero-order chi connectivity index (χ0) is 16.1. The summed E-state index contributed by atoms with van der Waals surface area (Å²) < 4.78 is 0. The Morgan fingerprint density at radius 2 is 2.14 bits per heavy atom. The van der Waals surface area contributed by atoms with Crippen LogP contribution in [0, 0.1) is 13.8 Å². The molecule has 0 bridgehead atoms. The van der Waals surface area contributed by atoms with Crippen molar-refractivity contribution in [3.05, 3.63) is 34.9 Å². The minimum Gasteiger partial charge on any atom is -0.480 e. The molecule has 1 aromatic carbocycles. The van der Waals surface area contributed by atoms with Gasteiger partial charge in [-0.05, 0) is 56.5 Å². The van der Waals surface area contributed by atoms with Gasteiger partial charge >= 0.3 is 5.97 Å². The second-order valence-electron chi connectivity index (χ2n) is 6.33. The zero-order valence-electron chi connectivity index (χ0n) is 13.9. The number of rotatable bonds is 6. The van der Waals surface area contributed by atoms with E-state index in [1.165, 1.54) is 16.7 Å². The normalized spacial score (nSPS) is 20.8. The molecule has 1 saturated heterocycles. The Bertz CT molecular complexity index is 516. The number of likely N-dealkylation sites (N-methyl/N-ethyl adjacent to an activating group) is 1. The number of hydrogen-bond donors (Lipinski definition) is 2. The summed E-state index contributed by atoms with van der Waals surface area (Å²) in [5.74, 6) is -0.737. The van der Waals surface area contributed by atoms with Gasteiger partial charge in [0.25, 0.3) is 0 Å². The summed E-state index contributed by atoms with van der Waals surface area (Å²) in [6.07, 6.45) is 3.22. The molecule has 0 spiro atoms. The molecule has 2 N–H and O–H groups in total. The highest BCUT2D eigenvalue weighted by atomic mass is 16.4. The molecule has 2 unspecified atom stereocenters. The van der Waals surface area contributed by atoms with Crippen LogP contribution in [0.25, 0.3) is 0 Å². The van der Waals surface area contributed by atoms with Crippen LogP contribution in [-0.4, -0.2) is 41.1 Å². The Kier molecular flexibility index (Phi) is 5.98. The molecule has 1 aromatic rings. The van der Waals surface area contributed by atoms with Gasteiger partial charge in [-0.15, -0.1) is 0 Å². The van der Waals surface area contributed by atoms with Crippen LogP contribution in [0.5, 0.6) is 0 Å². The van der Waals surface area contributed by atoms with Gasteiger partial charge in [-0.25, -0.2) is 0 Å². The summed E-state index contributed by atoms with van der Waals surface area (Å²) in [4.78, 5) is 13.9. The van der Waals surface area contributed by atoms with Crippen LogP contribution in [0.2, 0.25) is 0 Å². The topological polar surface area (TPSA) is 52.6 Å². The van der Waals surface area contributed by atoms with Crippen molar-refractivity contribution in [1.82, 2.24) is 10.2 Å². The fourth-order valence-corrected chi connectivity index (χ4v) is 3.33. The first kappa shape index (κ1) is 17.0. The quantitative estimate of drug-likeness (QED) is 0.848.